The average Bonchev–Trinajstić information content (AvgIpc) is 3.18. The Kier molecular flexibility index (Phi) is 5.65. The normalized spacial score (nSPS) is 17.1. The van der Waals surface area contributed by atoms with Crippen molar-refractivity contribution in [1.29, 1.82) is 0 Å². The number of benzene rings is 1. The number of Topliss-reactive ketones (excluding diaryl/α,β-unsaturated/α-hetero) is 1. The van der Waals surface area contributed by atoms with Gasteiger partial charge in [-0.2, -0.15) is 0 Å². The highest BCUT2D eigenvalue weighted by Crippen LogP contribution is 2.22. The molecule has 1 atom stereocenters. The first-order valence-corrected chi connectivity index (χ1v) is 10.1. The van der Waals surface area contributed by atoms with E-state index in [0.29, 0.717) is 23.9 Å². The number of H-pyrrole nitrogens is 1. The zero-order valence-electron chi connectivity index (χ0n) is 16.5. The van der Waals surface area contributed by atoms with E-state index in [2.05, 4.69) is 4.98 Å². The number of aromatic amines is 1. The smallest absolute Gasteiger partial charge is 0.329 e. The summed E-state index contributed by atoms with van der Waals surface area (Å²) in [5.41, 5.74) is -0.682. The van der Waals surface area contributed by atoms with Crippen LogP contribution in [-0.4, -0.2) is 38.7 Å². The van der Waals surface area contributed by atoms with Gasteiger partial charge in [0, 0.05) is 19.0 Å². The molecule has 1 saturated heterocycles. The number of furan rings is 1. The molecule has 1 aliphatic heterocycles. The predicted molar refractivity (Wildman–Crippen MR) is 110 cm³/mol. The van der Waals surface area contributed by atoms with Gasteiger partial charge in [-0.3, -0.25) is 19.0 Å². The van der Waals surface area contributed by atoms with Gasteiger partial charge < -0.3 is 14.3 Å². The molecule has 0 saturated carbocycles. The van der Waals surface area contributed by atoms with Crippen LogP contribution in [0.25, 0.3) is 10.9 Å². The lowest BCUT2D eigenvalue weighted by atomic mass is 10.0. The maximum atomic E-state index is 13.1. The quantitative estimate of drug-likeness (QED) is 0.651. The first-order valence-electron chi connectivity index (χ1n) is 10.1. The summed E-state index contributed by atoms with van der Waals surface area (Å²) in [6.07, 6.45) is 4.99. The van der Waals surface area contributed by atoms with E-state index in [4.69, 9.17) is 4.42 Å². The SMILES string of the molecule is O=C(C[C@@H]1CCCCCN1C(=O)Cn1c(=O)[nH]c2ccccc2c1=O)c1ccco1. The number of amides is 1. The Hall–Kier alpha value is -3.42. The van der Waals surface area contributed by atoms with E-state index in [1.54, 1.807) is 41.3 Å². The van der Waals surface area contributed by atoms with Crippen LogP contribution in [0.1, 0.15) is 42.7 Å². The molecule has 1 aromatic carbocycles. The summed E-state index contributed by atoms with van der Waals surface area (Å²) in [4.78, 5) is 55.1. The van der Waals surface area contributed by atoms with E-state index >= 15 is 0 Å². The number of fused-ring (bicyclic) bond motifs is 1. The minimum atomic E-state index is -0.620. The number of nitrogens with zero attached hydrogens (tertiary/aromatic N) is 2. The van der Waals surface area contributed by atoms with Crippen LogP contribution in [0.15, 0.2) is 56.7 Å². The number of carbonyl (C=O) groups excluding carboxylic acids is 2. The molecule has 8 heteroatoms. The number of carbonyl (C=O) groups is 2. The highest BCUT2D eigenvalue weighted by Gasteiger charge is 2.29. The second kappa shape index (κ2) is 8.52. The summed E-state index contributed by atoms with van der Waals surface area (Å²) < 4.78 is 6.12. The Labute approximate surface area is 172 Å². The van der Waals surface area contributed by atoms with Crippen molar-refractivity contribution >= 4 is 22.6 Å². The van der Waals surface area contributed by atoms with Crippen molar-refractivity contribution in [1.82, 2.24) is 14.5 Å². The molecule has 1 fully saturated rings. The Morgan fingerprint density at radius 3 is 2.70 bits per heavy atom. The van der Waals surface area contributed by atoms with Crippen LogP contribution in [0.2, 0.25) is 0 Å². The molecule has 30 heavy (non-hydrogen) atoms. The molecule has 1 N–H and O–H groups in total. The summed E-state index contributed by atoms with van der Waals surface area (Å²) in [6.45, 7) is 0.139. The maximum Gasteiger partial charge on any atom is 0.329 e. The van der Waals surface area contributed by atoms with Gasteiger partial charge in [0.25, 0.3) is 5.56 Å². The van der Waals surface area contributed by atoms with Gasteiger partial charge in [-0.25, -0.2) is 4.79 Å². The number of ketones is 1. The lowest BCUT2D eigenvalue weighted by Crippen LogP contribution is -2.46. The molecule has 156 valence electrons. The molecule has 3 heterocycles. The summed E-state index contributed by atoms with van der Waals surface area (Å²) in [6, 6.07) is 9.68. The third-order valence-electron chi connectivity index (χ3n) is 5.60. The number of hydrogen-bond donors (Lipinski definition) is 1. The van der Waals surface area contributed by atoms with Crippen molar-refractivity contribution in [3.63, 3.8) is 0 Å². The molecule has 0 bridgehead atoms. The van der Waals surface area contributed by atoms with Crippen LogP contribution in [0, 0.1) is 0 Å². The van der Waals surface area contributed by atoms with Gasteiger partial charge in [-0.05, 0) is 37.1 Å². The van der Waals surface area contributed by atoms with E-state index < -0.39 is 11.2 Å². The molecule has 1 amide bonds. The summed E-state index contributed by atoms with van der Waals surface area (Å²) >= 11 is 0. The fourth-order valence-electron chi connectivity index (χ4n) is 4.04. The lowest BCUT2D eigenvalue weighted by molar-refractivity contribution is -0.134. The third-order valence-corrected chi connectivity index (χ3v) is 5.60. The van der Waals surface area contributed by atoms with Gasteiger partial charge in [0.2, 0.25) is 5.91 Å². The Balaban J connectivity index is 1.59. The largest absolute Gasteiger partial charge is 0.461 e. The van der Waals surface area contributed by atoms with Crippen LogP contribution in [0.3, 0.4) is 0 Å². The molecule has 2 aromatic heterocycles. The number of rotatable bonds is 5. The lowest BCUT2D eigenvalue weighted by Gasteiger charge is -2.29. The average molecular weight is 409 g/mol. The standard InChI is InChI=1S/C22H23N3O5/c26-18(19-10-6-12-30-19)13-15-7-2-1-5-11-24(15)20(27)14-25-21(28)16-8-3-4-9-17(16)23-22(25)29/h3-4,6,8-10,12,15H,1-2,5,7,11,13-14H2,(H,23,29)/t15-/m0/s1. The van der Waals surface area contributed by atoms with E-state index in [0.717, 1.165) is 23.8 Å². The number of para-hydroxylation sites is 1. The van der Waals surface area contributed by atoms with Crippen molar-refractivity contribution in [2.75, 3.05) is 6.54 Å². The van der Waals surface area contributed by atoms with Gasteiger partial charge >= 0.3 is 5.69 Å². The maximum absolute atomic E-state index is 13.1. The van der Waals surface area contributed by atoms with Gasteiger partial charge in [0.05, 0.1) is 17.2 Å². The van der Waals surface area contributed by atoms with Gasteiger partial charge in [-0.1, -0.05) is 25.0 Å². The molecule has 0 unspecified atom stereocenters. The zero-order valence-corrected chi connectivity index (χ0v) is 16.5. The van der Waals surface area contributed by atoms with Crippen molar-refractivity contribution in [3.8, 4) is 0 Å². The summed E-state index contributed by atoms with van der Waals surface area (Å²) in [7, 11) is 0. The summed E-state index contributed by atoms with van der Waals surface area (Å²) in [5, 5.41) is 0.352. The molecule has 0 spiro atoms. The van der Waals surface area contributed by atoms with Gasteiger partial charge in [0.15, 0.2) is 11.5 Å². The van der Waals surface area contributed by atoms with Crippen molar-refractivity contribution in [2.45, 2.75) is 44.7 Å². The monoisotopic (exact) mass is 409 g/mol. The van der Waals surface area contributed by atoms with Crippen LogP contribution in [0.4, 0.5) is 0 Å². The van der Waals surface area contributed by atoms with Crippen molar-refractivity contribution in [2.24, 2.45) is 0 Å². The Morgan fingerprint density at radius 1 is 1.07 bits per heavy atom. The molecule has 1 aliphatic rings. The van der Waals surface area contributed by atoms with E-state index in [9.17, 15) is 19.2 Å². The zero-order chi connectivity index (χ0) is 21.1. The van der Waals surface area contributed by atoms with Crippen LogP contribution in [0.5, 0.6) is 0 Å². The molecule has 3 aromatic rings. The number of likely N-dealkylation sites (tertiary alicyclic amines) is 1. The fraction of sp³-hybridized carbons (Fsp3) is 0.364. The predicted octanol–water partition coefficient (Wildman–Crippen LogP) is 2.33. The Bertz CT molecular complexity index is 1180. The molecular formula is C22H23N3O5. The fourth-order valence-corrected chi connectivity index (χ4v) is 4.04. The van der Waals surface area contributed by atoms with Crippen LogP contribution >= 0.6 is 0 Å². The van der Waals surface area contributed by atoms with Gasteiger partial charge in [-0.15, -0.1) is 0 Å². The Morgan fingerprint density at radius 2 is 1.90 bits per heavy atom. The molecular weight excluding hydrogens is 386 g/mol. The number of hydrogen-bond acceptors (Lipinski definition) is 5. The first kappa shape index (κ1) is 19.9. The van der Waals surface area contributed by atoms with E-state index in [1.165, 1.54) is 6.26 Å². The topological polar surface area (TPSA) is 105 Å². The van der Waals surface area contributed by atoms with E-state index in [-0.39, 0.29) is 36.5 Å². The number of aromatic nitrogens is 2. The molecule has 0 aliphatic carbocycles. The van der Waals surface area contributed by atoms with Crippen molar-refractivity contribution < 1.29 is 14.0 Å². The molecule has 8 nitrogen and oxygen atoms in total. The minimum absolute atomic E-state index is 0.155. The minimum Gasteiger partial charge on any atom is -0.461 e. The highest BCUT2D eigenvalue weighted by atomic mass is 16.3. The first-order chi connectivity index (χ1) is 14.5. The second-order valence-electron chi connectivity index (χ2n) is 7.56. The third kappa shape index (κ3) is 3.98. The van der Waals surface area contributed by atoms with Crippen LogP contribution < -0.4 is 11.2 Å². The summed E-state index contributed by atoms with van der Waals surface area (Å²) in [5.74, 6) is -0.226. The molecule has 0 radical (unpaired) electrons. The highest BCUT2D eigenvalue weighted by molar-refractivity contribution is 5.94. The van der Waals surface area contributed by atoms with Crippen molar-refractivity contribution in [3.05, 3.63) is 69.3 Å². The molecule has 4 rings (SSSR count). The number of nitrogens with one attached hydrogen (secondary N) is 1. The van der Waals surface area contributed by atoms with Crippen LogP contribution in [-0.2, 0) is 11.3 Å². The van der Waals surface area contributed by atoms with Gasteiger partial charge in [0.1, 0.15) is 6.54 Å². The van der Waals surface area contributed by atoms with E-state index in [1.807, 2.05) is 0 Å². The second-order valence-corrected chi connectivity index (χ2v) is 7.56.